The van der Waals surface area contributed by atoms with Crippen LogP contribution < -0.4 is 30.5 Å². The fourth-order valence-electron chi connectivity index (χ4n) is 7.99. The van der Waals surface area contributed by atoms with Crippen molar-refractivity contribution in [2.75, 3.05) is 61.6 Å². The van der Waals surface area contributed by atoms with Gasteiger partial charge in [0, 0.05) is 89.4 Å². The molecule has 0 bridgehead atoms. The summed E-state index contributed by atoms with van der Waals surface area (Å²) in [5.41, 5.74) is 3.61. The van der Waals surface area contributed by atoms with Crippen molar-refractivity contribution in [3.05, 3.63) is 108 Å². The van der Waals surface area contributed by atoms with E-state index in [4.69, 9.17) is 18.7 Å². The van der Waals surface area contributed by atoms with E-state index >= 15 is 0 Å². The number of imidazole rings is 1. The van der Waals surface area contributed by atoms with Gasteiger partial charge in [-0.2, -0.15) is 0 Å². The van der Waals surface area contributed by atoms with Gasteiger partial charge in [-0.05, 0) is 49.2 Å². The molecule has 360 valence electrons. The third-order valence-corrected chi connectivity index (χ3v) is 12.4. The molecule has 0 spiro atoms. The topological polar surface area (TPSA) is 256 Å². The number of hydrogen-bond donors (Lipinski definition) is 5. The number of nitrogens with one attached hydrogen (secondary N) is 4. The third-order valence-electron chi connectivity index (χ3n) is 11.3. The highest BCUT2D eigenvalue weighted by Gasteiger charge is 2.34. The number of nitrogens with zero attached hydrogens (tertiary/aromatic N) is 7. The van der Waals surface area contributed by atoms with E-state index in [0.29, 0.717) is 64.4 Å². The molecule has 5 N–H and O–H groups in total. The standard InChI is InChI=1S/C46H50N11O11P/c1-27-16-32-22-47-34-21-39(38(66-6)20-33(34)45(61)57(32)23-27)67-13-7-8-41(58)50-40-26-55(4)42(51-40)44(60)49-30-18-36(53(2)24-30)43(59)48-31-19-37(54(3)25-31)46(62)56-12-11-28-9-10-29(17-35(28)56)52-69(63,64)68-15-14-65-5/h9-12,17-22,24-26,32H,1,7-8,13-16,23H2,2-6H3,(H,48,59)(H,49,60)(H,50,58)(H2,52,63,64)/t32-/m0/s1. The SMILES string of the molecule is C=C1C[C@H]2C=Nc3cc(OCCCC(=O)Nc4cn(C)c(C(=O)Nc5cc(C(=O)Nc6cc(C(=O)n7ccc8ccc(NP(=O)(O)OCCOC)cc87)n(C)c6)n(C)c5)n4)c(OC)cc3C(=O)N2C1. The summed E-state index contributed by atoms with van der Waals surface area (Å²) in [5, 5.41) is 11.4. The lowest BCUT2D eigenvalue weighted by Gasteiger charge is -2.20. The molecular formula is C46H50N11O11P. The highest BCUT2D eigenvalue weighted by Crippen LogP contribution is 2.42. The Hall–Kier alpha value is -7.78. The van der Waals surface area contributed by atoms with Crippen molar-refractivity contribution in [1.82, 2.24) is 28.2 Å². The van der Waals surface area contributed by atoms with Crippen LogP contribution in [-0.4, -0.2) is 115 Å². The molecule has 22 nitrogen and oxygen atoms in total. The zero-order valence-corrected chi connectivity index (χ0v) is 39.2. The first-order valence-electron chi connectivity index (χ1n) is 21.6. The first kappa shape index (κ1) is 47.7. The van der Waals surface area contributed by atoms with Crippen molar-refractivity contribution >= 4 is 83.0 Å². The predicted molar refractivity (Wildman–Crippen MR) is 256 cm³/mol. The maximum absolute atomic E-state index is 13.8. The Bertz CT molecular complexity index is 3110. The van der Waals surface area contributed by atoms with Crippen LogP contribution in [0.4, 0.5) is 28.6 Å². The Balaban J connectivity index is 0.836. The Morgan fingerprint density at radius 2 is 1.59 bits per heavy atom. The zero-order valence-electron chi connectivity index (χ0n) is 38.3. The first-order chi connectivity index (χ1) is 33.0. The summed E-state index contributed by atoms with van der Waals surface area (Å²) in [6.45, 7) is 4.67. The van der Waals surface area contributed by atoms with Gasteiger partial charge in [0.2, 0.25) is 11.7 Å². The Morgan fingerprint density at radius 3 is 2.35 bits per heavy atom. The van der Waals surface area contributed by atoms with E-state index < -0.39 is 25.5 Å². The largest absolute Gasteiger partial charge is 0.493 e. The second-order valence-corrected chi connectivity index (χ2v) is 17.9. The van der Waals surface area contributed by atoms with Crippen LogP contribution in [0.25, 0.3) is 10.9 Å². The molecule has 69 heavy (non-hydrogen) atoms. The van der Waals surface area contributed by atoms with Gasteiger partial charge in [-0.15, -0.1) is 0 Å². The van der Waals surface area contributed by atoms with Gasteiger partial charge in [0.1, 0.15) is 11.4 Å². The molecule has 4 aromatic heterocycles. The molecule has 23 heteroatoms. The summed E-state index contributed by atoms with van der Waals surface area (Å²) >= 11 is 0. The molecular weight excluding hydrogens is 914 g/mol. The van der Waals surface area contributed by atoms with E-state index in [1.807, 2.05) is 0 Å². The number of benzene rings is 2. The highest BCUT2D eigenvalue weighted by molar-refractivity contribution is 7.54. The molecule has 0 aliphatic carbocycles. The fourth-order valence-corrected chi connectivity index (χ4v) is 8.84. The summed E-state index contributed by atoms with van der Waals surface area (Å²) in [6, 6.07) is 12.7. The molecule has 1 unspecified atom stereocenters. The minimum absolute atomic E-state index is 0.00454. The molecule has 1 fully saturated rings. The van der Waals surface area contributed by atoms with Gasteiger partial charge in [-0.1, -0.05) is 18.2 Å². The van der Waals surface area contributed by atoms with Crippen LogP contribution in [0.15, 0.2) is 90.5 Å². The Kier molecular flexibility index (Phi) is 13.7. The highest BCUT2D eigenvalue weighted by atomic mass is 31.2. The van der Waals surface area contributed by atoms with Crippen LogP contribution in [0.3, 0.4) is 0 Å². The number of aromatic nitrogens is 5. The molecule has 2 aromatic carbocycles. The van der Waals surface area contributed by atoms with Crippen molar-refractivity contribution in [2.45, 2.75) is 25.3 Å². The van der Waals surface area contributed by atoms with E-state index in [0.717, 1.165) is 5.57 Å². The van der Waals surface area contributed by atoms with Crippen molar-refractivity contribution in [1.29, 1.82) is 0 Å². The van der Waals surface area contributed by atoms with Crippen LogP contribution in [-0.2, 0) is 39.8 Å². The average Bonchev–Trinajstić information content (AvgIpc) is 4.13. The van der Waals surface area contributed by atoms with Gasteiger partial charge < -0.3 is 53.7 Å². The number of ether oxygens (including phenoxy) is 3. The van der Waals surface area contributed by atoms with Gasteiger partial charge >= 0.3 is 7.75 Å². The molecule has 4 amide bonds. The Morgan fingerprint density at radius 1 is 0.855 bits per heavy atom. The molecule has 6 aromatic rings. The van der Waals surface area contributed by atoms with Gasteiger partial charge in [-0.3, -0.25) is 43.1 Å². The maximum Gasteiger partial charge on any atom is 0.430 e. The van der Waals surface area contributed by atoms with Crippen LogP contribution in [0.2, 0.25) is 0 Å². The number of fused-ring (bicyclic) bond motifs is 3. The number of anilines is 4. The normalized spacial score (nSPS) is 15.0. The average molecular weight is 964 g/mol. The number of aryl methyl sites for hydroxylation is 3. The third kappa shape index (κ3) is 10.5. The lowest BCUT2D eigenvalue weighted by Crippen LogP contribution is -2.35. The number of methoxy groups -OCH3 is 2. The summed E-state index contributed by atoms with van der Waals surface area (Å²) in [7, 11) is 3.60. The second kappa shape index (κ2) is 19.8. The number of aliphatic imine (C=N–C) groups is 1. The lowest BCUT2D eigenvalue weighted by atomic mass is 10.1. The Labute approximate surface area is 395 Å². The molecule has 2 aliphatic rings. The molecule has 6 heterocycles. The molecule has 1 saturated heterocycles. The van der Waals surface area contributed by atoms with Gasteiger partial charge in [0.15, 0.2) is 17.3 Å². The first-order valence-corrected chi connectivity index (χ1v) is 23.1. The van der Waals surface area contributed by atoms with Crippen molar-refractivity contribution in [3.8, 4) is 11.5 Å². The van der Waals surface area contributed by atoms with E-state index in [1.54, 1.807) is 91.8 Å². The van der Waals surface area contributed by atoms with Crippen LogP contribution in [0, 0.1) is 0 Å². The van der Waals surface area contributed by atoms with E-state index in [9.17, 15) is 33.4 Å². The quantitative estimate of drug-likeness (QED) is 0.0393. The summed E-state index contributed by atoms with van der Waals surface area (Å²) in [5.74, 6) is -1.15. The zero-order chi connectivity index (χ0) is 49.1. The molecule has 8 rings (SSSR count). The summed E-state index contributed by atoms with van der Waals surface area (Å²) in [4.78, 5) is 87.6. The van der Waals surface area contributed by atoms with Crippen molar-refractivity contribution in [3.63, 3.8) is 0 Å². The summed E-state index contributed by atoms with van der Waals surface area (Å²) < 4.78 is 39.8. The lowest BCUT2D eigenvalue weighted by molar-refractivity contribution is -0.116. The smallest absolute Gasteiger partial charge is 0.430 e. The minimum Gasteiger partial charge on any atom is -0.493 e. The minimum atomic E-state index is -4.21. The van der Waals surface area contributed by atoms with Crippen LogP contribution in [0.5, 0.6) is 11.5 Å². The number of carbonyl (C=O) groups excluding carboxylic acids is 5. The second-order valence-electron chi connectivity index (χ2n) is 16.4. The van der Waals surface area contributed by atoms with E-state index in [1.165, 1.54) is 46.3 Å². The van der Waals surface area contributed by atoms with Crippen LogP contribution in [0.1, 0.15) is 61.2 Å². The molecule has 0 saturated carbocycles. The van der Waals surface area contributed by atoms with Crippen molar-refractivity contribution < 1.29 is 52.2 Å². The molecule has 0 radical (unpaired) electrons. The number of rotatable bonds is 18. The number of hydrogen-bond acceptors (Lipinski definition) is 12. The van der Waals surface area contributed by atoms with Gasteiger partial charge in [-0.25, -0.2) is 9.55 Å². The van der Waals surface area contributed by atoms with Crippen LogP contribution >= 0.6 is 7.75 Å². The monoisotopic (exact) mass is 963 g/mol. The molecule has 2 aliphatic heterocycles. The molecule has 2 atom stereocenters. The predicted octanol–water partition coefficient (Wildman–Crippen LogP) is 5.71. The van der Waals surface area contributed by atoms with Gasteiger partial charge in [0.25, 0.3) is 23.6 Å². The van der Waals surface area contributed by atoms with Crippen molar-refractivity contribution in [2.24, 2.45) is 26.1 Å². The fraction of sp³-hybridized carbons (Fsp3) is 0.283. The maximum atomic E-state index is 13.8. The van der Waals surface area contributed by atoms with Gasteiger partial charge in [0.05, 0.1) is 61.1 Å². The number of amides is 4. The van der Waals surface area contributed by atoms with E-state index in [2.05, 4.69) is 37.6 Å². The summed E-state index contributed by atoms with van der Waals surface area (Å²) in [6.07, 6.45) is 9.03. The van der Waals surface area contributed by atoms with E-state index in [-0.39, 0.29) is 72.8 Å². The number of carbonyl (C=O) groups is 5.